The van der Waals surface area contributed by atoms with Gasteiger partial charge in [0.15, 0.2) is 5.76 Å². The van der Waals surface area contributed by atoms with Crippen LogP contribution in [0, 0.1) is 13.8 Å². The van der Waals surface area contributed by atoms with Crippen molar-refractivity contribution in [3.8, 4) is 0 Å². The molecule has 2 aromatic heterocycles. The van der Waals surface area contributed by atoms with Gasteiger partial charge >= 0.3 is 0 Å². The SMILES string of the molecule is Cc1ccc(S(=O)(=O)N/N=C2\CCCc3oc(C(=O)NCCCn4ccnc4)c(C)c32)cc1. The molecule has 10 heteroatoms. The van der Waals surface area contributed by atoms with E-state index in [4.69, 9.17) is 4.42 Å². The van der Waals surface area contributed by atoms with E-state index >= 15 is 0 Å². The van der Waals surface area contributed by atoms with Crippen LogP contribution in [0.15, 0.2) is 57.4 Å². The molecule has 0 atom stereocenters. The highest BCUT2D eigenvalue weighted by Crippen LogP contribution is 2.30. The molecule has 9 nitrogen and oxygen atoms in total. The smallest absolute Gasteiger partial charge is 0.287 e. The number of nitrogens with zero attached hydrogens (tertiary/aromatic N) is 3. The van der Waals surface area contributed by atoms with Crippen LogP contribution in [0.4, 0.5) is 0 Å². The highest BCUT2D eigenvalue weighted by atomic mass is 32.2. The lowest BCUT2D eigenvalue weighted by atomic mass is 9.93. The number of hydrazone groups is 1. The van der Waals surface area contributed by atoms with Gasteiger partial charge in [-0.25, -0.2) is 4.98 Å². The standard InChI is InChI=1S/C23H27N5O4S/c1-16-7-9-18(10-8-16)33(30,31)27-26-19-5-3-6-20-21(19)17(2)22(32-20)23(29)25-11-4-13-28-14-12-24-15-28/h7-10,12,14-15,27H,3-6,11,13H2,1-2H3,(H,25,29)/b26-19+. The first-order valence-corrected chi connectivity index (χ1v) is 12.3. The van der Waals surface area contributed by atoms with E-state index in [1.807, 2.05) is 17.7 Å². The van der Waals surface area contributed by atoms with Crippen molar-refractivity contribution >= 4 is 21.6 Å². The van der Waals surface area contributed by atoms with Gasteiger partial charge in [-0.1, -0.05) is 17.7 Å². The van der Waals surface area contributed by atoms with Crippen LogP contribution >= 0.6 is 0 Å². The van der Waals surface area contributed by atoms with E-state index < -0.39 is 10.0 Å². The number of hydrogen-bond donors (Lipinski definition) is 2. The average molecular weight is 470 g/mol. The predicted molar refractivity (Wildman–Crippen MR) is 124 cm³/mol. The van der Waals surface area contributed by atoms with E-state index in [1.54, 1.807) is 43.7 Å². The fraction of sp³-hybridized carbons (Fsp3) is 0.348. The summed E-state index contributed by atoms with van der Waals surface area (Å²) in [5.41, 5.74) is 2.94. The molecule has 0 saturated heterocycles. The zero-order chi connectivity index (χ0) is 23.4. The summed E-state index contributed by atoms with van der Waals surface area (Å²) in [6.45, 7) is 4.95. The van der Waals surface area contributed by atoms with E-state index in [2.05, 4.69) is 20.2 Å². The molecule has 0 aliphatic heterocycles. The number of nitrogens with one attached hydrogen (secondary N) is 2. The minimum absolute atomic E-state index is 0.146. The molecule has 2 heterocycles. The summed E-state index contributed by atoms with van der Waals surface area (Å²) < 4.78 is 33.1. The summed E-state index contributed by atoms with van der Waals surface area (Å²) in [6.07, 6.45) is 8.12. The monoisotopic (exact) mass is 469 g/mol. The van der Waals surface area contributed by atoms with Crippen molar-refractivity contribution in [2.75, 3.05) is 6.54 Å². The highest BCUT2D eigenvalue weighted by Gasteiger charge is 2.28. The Hall–Kier alpha value is -3.40. The van der Waals surface area contributed by atoms with Crippen molar-refractivity contribution in [2.24, 2.45) is 5.10 Å². The van der Waals surface area contributed by atoms with Crippen LogP contribution < -0.4 is 10.1 Å². The van der Waals surface area contributed by atoms with Crippen molar-refractivity contribution in [1.29, 1.82) is 0 Å². The van der Waals surface area contributed by atoms with Crippen LogP contribution in [0.3, 0.4) is 0 Å². The maximum Gasteiger partial charge on any atom is 0.287 e. The van der Waals surface area contributed by atoms with Gasteiger partial charge in [-0.2, -0.15) is 18.4 Å². The summed E-state index contributed by atoms with van der Waals surface area (Å²) in [4.78, 5) is 19.2. The first-order valence-electron chi connectivity index (χ1n) is 10.9. The number of carbonyl (C=O) groups is 1. The van der Waals surface area contributed by atoms with Gasteiger partial charge in [0.1, 0.15) is 5.76 Å². The normalized spacial score (nSPS) is 14.8. The molecule has 1 aliphatic rings. The first kappa shape index (κ1) is 22.8. The molecule has 0 bridgehead atoms. The number of benzene rings is 1. The van der Waals surface area contributed by atoms with Gasteiger partial charge in [0.25, 0.3) is 15.9 Å². The molecule has 1 aromatic carbocycles. The third-order valence-corrected chi connectivity index (χ3v) is 6.83. The average Bonchev–Trinajstić information content (AvgIpc) is 3.44. The molecule has 3 aromatic rings. The van der Waals surface area contributed by atoms with Crippen LogP contribution in [0.2, 0.25) is 0 Å². The summed E-state index contributed by atoms with van der Waals surface area (Å²) in [5.74, 6) is 0.626. The van der Waals surface area contributed by atoms with Crippen LogP contribution in [0.25, 0.3) is 0 Å². The summed E-state index contributed by atoms with van der Waals surface area (Å²) in [7, 11) is -3.79. The van der Waals surface area contributed by atoms with E-state index in [0.717, 1.165) is 30.5 Å². The fourth-order valence-electron chi connectivity index (χ4n) is 3.84. The Labute approximate surface area is 193 Å². The molecule has 0 unspecified atom stereocenters. The lowest BCUT2D eigenvalue weighted by Crippen LogP contribution is -2.25. The second-order valence-electron chi connectivity index (χ2n) is 8.08. The largest absolute Gasteiger partial charge is 0.455 e. The molecule has 0 saturated carbocycles. The van der Waals surface area contributed by atoms with Crippen molar-refractivity contribution < 1.29 is 17.6 Å². The molecule has 0 spiro atoms. The predicted octanol–water partition coefficient (Wildman–Crippen LogP) is 2.93. The Morgan fingerprint density at radius 1 is 1.21 bits per heavy atom. The Morgan fingerprint density at radius 2 is 2.00 bits per heavy atom. The number of aromatic nitrogens is 2. The van der Waals surface area contributed by atoms with Gasteiger partial charge in [-0.05, 0) is 45.2 Å². The molecular formula is C23H27N5O4S. The Bertz CT molecular complexity index is 1260. The maximum absolute atomic E-state index is 12.7. The van der Waals surface area contributed by atoms with E-state index in [-0.39, 0.29) is 16.6 Å². The Morgan fingerprint density at radius 3 is 2.73 bits per heavy atom. The third kappa shape index (κ3) is 5.16. The quantitative estimate of drug-likeness (QED) is 0.388. The van der Waals surface area contributed by atoms with Gasteiger partial charge < -0.3 is 14.3 Å². The van der Waals surface area contributed by atoms with Crippen molar-refractivity contribution in [1.82, 2.24) is 19.7 Å². The van der Waals surface area contributed by atoms with Crippen molar-refractivity contribution in [2.45, 2.75) is 51.0 Å². The molecule has 33 heavy (non-hydrogen) atoms. The lowest BCUT2D eigenvalue weighted by molar-refractivity contribution is 0.0922. The van der Waals surface area contributed by atoms with E-state index in [0.29, 0.717) is 36.4 Å². The zero-order valence-corrected chi connectivity index (χ0v) is 19.5. The number of fused-ring (bicyclic) bond motifs is 1. The second kappa shape index (κ2) is 9.62. The molecule has 0 radical (unpaired) electrons. The number of aryl methyl sites for hydroxylation is 3. The topological polar surface area (TPSA) is 119 Å². The summed E-state index contributed by atoms with van der Waals surface area (Å²) in [5, 5.41) is 7.10. The number of carbonyl (C=O) groups excluding carboxylic acids is 1. The van der Waals surface area contributed by atoms with Gasteiger partial charge in [0.2, 0.25) is 0 Å². The number of rotatable bonds is 8. The minimum Gasteiger partial charge on any atom is -0.455 e. The Kier molecular flexibility index (Phi) is 6.64. The first-order chi connectivity index (χ1) is 15.8. The third-order valence-electron chi connectivity index (χ3n) is 5.60. The molecule has 4 rings (SSSR count). The van der Waals surface area contributed by atoms with Gasteiger partial charge in [0, 0.05) is 43.0 Å². The summed E-state index contributed by atoms with van der Waals surface area (Å²) >= 11 is 0. The van der Waals surface area contributed by atoms with Crippen molar-refractivity contribution in [3.05, 3.63) is 71.2 Å². The van der Waals surface area contributed by atoms with Gasteiger partial charge in [-0.3, -0.25) is 4.79 Å². The maximum atomic E-state index is 12.7. The fourth-order valence-corrected chi connectivity index (χ4v) is 4.67. The number of furan rings is 1. The van der Waals surface area contributed by atoms with E-state index in [9.17, 15) is 13.2 Å². The highest BCUT2D eigenvalue weighted by molar-refractivity contribution is 7.89. The lowest BCUT2D eigenvalue weighted by Gasteiger charge is -2.14. The summed E-state index contributed by atoms with van der Waals surface area (Å²) in [6, 6.07) is 6.56. The van der Waals surface area contributed by atoms with Gasteiger partial charge in [0.05, 0.1) is 16.9 Å². The number of imidazole rings is 1. The second-order valence-corrected chi connectivity index (χ2v) is 9.75. The van der Waals surface area contributed by atoms with Crippen LogP contribution in [-0.2, 0) is 23.0 Å². The molecule has 1 aliphatic carbocycles. The van der Waals surface area contributed by atoms with Crippen molar-refractivity contribution in [3.63, 3.8) is 0 Å². The molecule has 174 valence electrons. The number of sulfonamides is 1. The number of hydrogen-bond acceptors (Lipinski definition) is 6. The zero-order valence-electron chi connectivity index (χ0n) is 18.7. The number of amides is 1. The van der Waals surface area contributed by atoms with Crippen LogP contribution in [0.5, 0.6) is 0 Å². The molecular weight excluding hydrogens is 442 g/mol. The van der Waals surface area contributed by atoms with Crippen LogP contribution in [0.1, 0.15) is 52.3 Å². The Balaban J connectivity index is 1.46. The van der Waals surface area contributed by atoms with Crippen LogP contribution in [-0.4, -0.2) is 36.1 Å². The molecule has 1 amide bonds. The minimum atomic E-state index is -3.79. The molecule has 0 fully saturated rings. The molecule has 2 N–H and O–H groups in total. The van der Waals surface area contributed by atoms with Gasteiger partial charge in [-0.15, -0.1) is 0 Å². The van der Waals surface area contributed by atoms with E-state index in [1.165, 1.54) is 0 Å².